The van der Waals surface area contributed by atoms with Crippen molar-refractivity contribution in [2.24, 2.45) is 11.7 Å². The number of ether oxygens (including phenoxy) is 1. The lowest BCUT2D eigenvalue weighted by molar-refractivity contribution is -0.145. The Labute approximate surface area is 290 Å². The second-order valence-electron chi connectivity index (χ2n) is 12.9. The molecule has 2 aromatic rings. The lowest BCUT2D eigenvalue weighted by Crippen LogP contribution is -2.44. The molecule has 2 saturated heterocycles. The fourth-order valence-corrected chi connectivity index (χ4v) is 6.44. The molecule has 4 rings (SSSR count). The number of piperidine rings is 1. The average Bonchev–Trinajstić information content (AvgIpc) is 3.61. The number of amides is 2. The van der Waals surface area contributed by atoms with E-state index in [9.17, 15) is 27.6 Å². The number of alkyl halides is 3. The molecule has 50 heavy (non-hydrogen) atoms. The van der Waals surface area contributed by atoms with E-state index in [-0.39, 0.29) is 23.5 Å². The van der Waals surface area contributed by atoms with Crippen molar-refractivity contribution in [2.75, 3.05) is 49.6 Å². The number of halogens is 3. The maximum absolute atomic E-state index is 14.0. The number of hydrogen-bond donors (Lipinski definition) is 3. The number of nitrogens with zero attached hydrogens (tertiary/aromatic N) is 5. The number of aromatic nitrogens is 2. The van der Waals surface area contributed by atoms with E-state index in [1.165, 1.54) is 7.11 Å². The summed E-state index contributed by atoms with van der Waals surface area (Å²) in [5.74, 6) is -1.34. The minimum Gasteiger partial charge on any atom is -0.468 e. The topological polar surface area (TPSA) is 167 Å². The summed E-state index contributed by atoms with van der Waals surface area (Å²) in [5.41, 5.74) is 7.22. The number of benzene rings is 1. The minimum absolute atomic E-state index is 0.0342. The second-order valence-corrected chi connectivity index (χ2v) is 12.9. The molecule has 2 amide bonds. The Bertz CT molecular complexity index is 1480. The molecule has 1 aromatic heterocycles. The molecule has 0 unspecified atom stereocenters. The average molecular weight is 701 g/mol. The van der Waals surface area contributed by atoms with Gasteiger partial charge in [-0.1, -0.05) is 12.1 Å². The molecule has 0 aliphatic carbocycles. The Kier molecular flexibility index (Phi) is 14.2. The standard InChI is InChI=1S/C35H47F3N8O4/c1-50-33(49)27(40)7-2-3-17-41-31(47)9-4-6-24-15-20-45(21-16-24)29-22-30(44-34(43-29)35(36,37)38)46-19-5-8-28(46)32(48)42-18-14-25-10-12-26(23-39)13-11-25/h10-13,22,24,27-28H,2-9,14-21,40H2,1H3,(H,41,47)(H,42,48)/t27-,28-/m0/s1. The SMILES string of the molecule is COC(=O)[C@@H](N)CCCCNC(=O)CCCC1CCN(c2cc(N3CCC[C@H]3C(=O)NCCc3ccc(C#N)cc3)nc(C(F)(F)F)n2)CC1. The maximum Gasteiger partial charge on any atom is 0.451 e. The third-order valence-corrected chi connectivity index (χ3v) is 9.32. The van der Waals surface area contributed by atoms with Gasteiger partial charge >= 0.3 is 12.1 Å². The number of hydrogen-bond acceptors (Lipinski definition) is 10. The molecule has 12 nitrogen and oxygen atoms in total. The van der Waals surface area contributed by atoms with E-state index >= 15 is 0 Å². The van der Waals surface area contributed by atoms with Gasteiger partial charge in [0.2, 0.25) is 17.6 Å². The minimum atomic E-state index is -4.75. The molecule has 0 spiro atoms. The van der Waals surface area contributed by atoms with Crippen LogP contribution in [0.2, 0.25) is 0 Å². The lowest BCUT2D eigenvalue weighted by atomic mass is 9.91. The lowest BCUT2D eigenvalue weighted by Gasteiger charge is -2.34. The molecule has 2 atom stereocenters. The van der Waals surface area contributed by atoms with Crippen LogP contribution >= 0.6 is 0 Å². The Morgan fingerprint density at radius 3 is 2.42 bits per heavy atom. The van der Waals surface area contributed by atoms with Gasteiger partial charge in [-0.3, -0.25) is 14.4 Å². The first-order valence-corrected chi connectivity index (χ1v) is 17.3. The van der Waals surface area contributed by atoms with Crippen LogP contribution in [0, 0.1) is 17.2 Å². The largest absolute Gasteiger partial charge is 0.468 e. The zero-order chi connectivity index (χ0) is 36.1. The Balaban J connectivity index is 1.25. The number of nitrogens with two attached hydrogens (primary N) is 1. The number of carbonyl (C=O) groups is 3. The van der Waals surface area contributed by atoms with Gasteiger partial charge in [0.15, 0.2) is 0 Å². The number of anilines is 2. The number of nitriles is 1. The fourth-order valence-electron chi connectivity index (χ4n) is 6.44. The molecule has 0 bridgehead atoms. The molecular weight excluding hydrogens is 653 g/mol. The number of carbonyl (C=O) groups excluding carboxylic acids is 3. The predicted molar refractivity (Wildman–Crippen MR) is 181 cm³/mol. The first-order chi connectivity index (χ1) is 24.0. The van der Waals surface area contributed by atoms with Gasteiger partial charge in [0.25, 0.3) is 0 Å². The highest BCUT2D eigenvalue weighted by atomic mass is 19.4. The van der Waals surface area contributed by atoms with E-state index in [1.807, 2.05) is 17.0 Å². The van der Waals surface area contributed by atoms with Gasteiger partial charge in [-0.05, 0) is 87.8 Å². The van der Waals surface area contributed by atoms with Crippen LogP contribution in [-0.4, -0.2) is 79.7 Å². The van der Waals surface area contributed by atoms with E-state index in [1.54, 1.807) is 23.1 Å². The molecule has 2 aliphatic heterocycles. The van der Waals surface area contributed by atoms with Crippen molar-refractivity contribution in [1.29, 1.82) is 5.26 Å². The van der Waals surface area contributed by atoms with Crippen molar-refractivity contribution in [1.82, 2.24) is 20.6 Å². The van der Waals surface area contributed by atoms with Crippen molar-refractivity contribution in [2.45, 2.75) is 88.9 Å². The van der Waals surface area contributed by atoms with E-state index in [4.69, 9.17) is 11.0 Å². The first kappa shape index (κ1) is 38.4. The van der Waals surface area contributed by atoms with Crippen LogP contribution in [0.25, 0.3) is 0 Å². The third kappa shape index (κ3) is 11.3. The van der Waals surface area contributed by atoms with Crippen LogP contribution in [0.1, 0.15) is 81.2 Å². The molecule has 0 radical (unpaired) electrons. The van der Waals surface area contributed by atoms with Crippen molar-refractivity contribution in [3.63, 3.8) is 0 Å². The van der Waals surface area contributed by atoms with Crippen LogP contribution in [0.3, 0.4) is 0 Å². The van der Waals surface area contributed by atoms with Gasteiger partial charge in [-0.25, -0.2) is 9.97 Å². The maximum atomic E-state index is 14.0. The third-order valence-electron chi connectivity index (χ3n) is 9.32. The van der Waals surface area contributed by atoms with Gasteiger partial charge in [0.1, 0.15) is 23.7 Å². The summed E-state index contributed by atoms with van der Waals surface area (Å²) in [6.07, 6.45) is 2.32. The highest BCUT2D eigenvalue weighted by molar-refractivity contribution is 5.85. The Morgan fingerprint density at radius 1 is 1.02 bits per heavy atom. The van der Waals surface area contributed by atoms with Crippen LogP contribution in [-0.2, 0) is 31.7 Å². The monoisotopic (exact) mass is 700 g/mol. The summed E-state index contributed by atoms with van der Waals surface area (Å²) in [4.78, 5) is 48.0. The number of unbranched alkanes of at least 4 members (excludes halogenated alkanes) is 1. The molecule has 3 heterocycles. The predicted octanol–water partition coefficient (Wildman–Crippen LogP) is 3.87. The summed E-state index contributed by atoms with van der Waals surface area (Å²) in [5, 5.41) is 14.8. The summed E-state index contributed by atoms with van der Waals surface area (Å²) in [7, 11) is 1.30. The highest BCUT2D eigenvalue weighted by Crippen LogP contribution is 2.34. The summed E-state index contributed by atoms with van der Waals surface area (Å²) in [6, 6.07) is 9.41. The molecule has 0 saturated carbocycles. The molecule has 2 fully saturated rings. The zero-order valence-corrected chi connectivity index (χ0v) is 28.5. The van der Waals surface area contributed by atoms with E-state index in [0.717, 1.165) is 24.8 Å². The van der Waals surface area contributed by atoms with Crippen LogP contribution in [0.4, 0.5) is 24.8 Å². The normalized spacial score (nSPS) is 17.2. The Morgan fingerprint density at radius 2 is 1.74 bits per heavy atom. The van der Waals surface area contributed by atoms with Crippen molar-refractivity contribution >= 4 is 29.4 Å². The molecule has 1 aromatic carbocycles. The molecule has 272 valence electrons. The molecule has 15 heteroatoms. The van der Waals surface area contributed by atoms with E-state index in [2.05, 4.69) is 31.4 Å². The van der Waals surface area contributed by atoms with Gasteiger partial charge in [0, 0.05) is 45.2 Å². The van der Waals surface area contributed by atoms with Crippen LogP contribution < -0.4 is 26.2 Å². The van der Waals surface area contributed by atoms with E-state index in [0.29, 0.717) is 95.6 Å². The molecule has 4 N–H and O–H groups in total. The zero-order valence-electron chi connectivity index (χ0n) is 28.5. The first-order valence-electron chi connectivity index (χ1n) is 17.3. The molecule has 2 aliphatic rings. The fraction of sp³-hybridized carbons (Fsp3) is 0.600. The quantitative estimate of drug-likeness (QED) is 0.173. The van der Waals surface area contributed by atoms with Crippen LogP contribution in [0.15, 0.2) is 30.3 Å². The molecular formula is C35H47F3N8O4. The van der Waals surface area contributed by atoms with Crippen LogP contribution in [0.5, 0.6) is 0 Å². The van der Waals surface area contributed by atoms with Gasteiger partial charge in [-0.15, -0.1) is 0 Å². The Hall–Kier alpha value is -4.45. The van der Waals surface area contributed by atoms with Gasteiger partial charge in [0.05, 0.1) is 18.7 Å². The number of nitrogens with one attached hydrogen (secondary N) is 2. The highest BCUT2D eigenvalue weighted by Gasteiger charge is 2.39. The van der Waals surface area contributed by atoms with Gasteiger partial charge in [-0.2, -0.15) is 18.4 Å². The number of rotatable bonds is 16. The van der Waals surface area contributed by atoms with Crippen molar-refractivity contribution in [3.05, 3.63) is 47.3 Å². The van der Waals surface area contributed by atoms with Gasteiger partial charge < -0.3 is 30.9 Å². The van der Waals surface area contributed by atoms with Crippen molar-refractivity contribution in [3.8, 4) is 6.07 Å². The number of esters is 1. The summed E-state index contributed by atoms with van der Waals surface area (Å²) in [6.45, 7) is 2.32. The summed E-state index contributed by atoms with van der Waals surface area (Å²) < 4.78 is 46.5. The van der Waals surface area contributed by atoms with E-state index < -0.39 is 30.1 Å². The second kappa shape index (κ2) is 18.5. The van der Waals surface area contributed by atoms with Crippen molar-refractivity contribution < 1.29 is 32.3 Å². The number of methoxy groups -OCH3 is 1. The smallest absolute Gasteiger partial charge is 0.451 e. The summed E-state index contributed by atoms with van der Waals surface area (Å²) >= 11 is 0.